The van der Waals surface area contributed by atoms with Crippen LogP contribution < -0.4 is 4.74 Å². The van der Waals surface area contributed by atoms with Gasteiger partial charge >= 0.3 is 16.1 Å². The first-order valence-corrected chi connectivity index (χ1v) is 11.7. The number of hydrogen-bond donors (Lipinski definition) is 0. The first kappa shape index (κ1) is 23.4. The zero-order valence-corrected chi connectivity index (χ0v) is 18.9. The van der Waals surface area contributed by atoms with E-state index in [0.717, 1.165) is 6.92 Å². The second-order valence-corrected chi connectivity index (χ2v) is 8.89. The number of rotatable bonds is 6. The number of ether oxygens (including phenoxy) is 1. The van der Waals surface area contributed by atoms with Crippen LogP contribution in [0, 0.1) is 11.8 Å². The van der Waals surface area contributed by atoms with Crippen molar-refractivity contribution in [3.05, 3.63) is 59.7 Å². The Balaban J connectivity index is 1.84. The van der Waals surface area contributed by atoms with E-state index in [1.54, 1.807) is 30.0 Å². The van der Waals surface area contributed by atoms with Gasteiger partial charge in [-0.2, -0.15) is 8.42 Å². The van der Waals surface area contributed by atoms with E-state index in [1.165, 1.54) is 12.1 Å². The van der Waals surface area contributed by atoms with E-state index >= 15 is 0 Å². The van der Waals surface area contributed by atoms with E-state index < -0.39 is 16.1 Å². The minimum Gasteiger partial charge on any atom is -0.481 e. The van der Waals surface area contributed by atoms with E-state index in [-0.39, 0.29) is 23.3 Å². The minimum absolute atomic E-state index is 0.0490. The number of nitrogens with zero attached hydrogens (tertiary/aromatic N) is 1. The molecule has 1 aliphatic rings. The summed E-state index contributed by atoms with van der Waals surface area (Å²) in [7, 11) is -4.27. The van der Waals surface area contributed by atoms with Gasteiger partial charge in [-0.15, -0.1) is 5.92 Å². The standard InChI is InChI=1S/C24H25NO6S/c1-3-4-16-30-21-10-11-23(32(28,29)31-18(2)26)22(17-21)19-12-14-25(15-13-19)24(27)20-8-6-5-7-9-20/h5-11,17,19H,12-16H2,1-2H3. The van der Waals surface area contributed by atoms with Crippen LogP contribution in [-0.2, 0) is 19.1 Å². The largest absolute Gasteiger partial charge is 0.481 e. The van der Waals surface area contributed by atoms with Crippen LogP contribution in [0.4, 0.5) is 0 Å². The van der Waals surface area contributed by atoms with Gasteiger partial charge in [0.25, 0.3) is 5.91 Å². The Hall–Kier alpha value is -3.31. The number of amides is 1. The fourth-order valence-corrected chi connectivity index (χ4v) is 4.86. The zero-order chi connectivity index (χ0) is 23.1. The molecule has 1 fully saturated rings. The molecular formula is C24H25NO6S. The molecule has 168 valence electrons. The molecule has 0 bridgehead atoms. The topological polar surface area (TPSA) is 90.0 Å². The Kier molecular flexibility index (Phi) is 7.54. The third-order valence-electron chi connectivity index (χ3n) is 5.21. The average Bonchev–Trinajstić information content (AvgIpc) is 2.78. The van der Waals surface area contributed by atoms with Gasteiger partial charge in [0.2, 0.25) is 0 Å². The van der Waals surface area contributed by atoms with E-state index in [2.05, 4.69) is 16.0 Å². The molecule has 0 atom stereocenters. The molecule has 0 N–H and O–H groups in total. The minimum atomic E-state index is -4.27. The van der Waals surface area contributed by atoms with Crippen LogP contribution in [0.5, 0.6) is 5.75 Å². The van der Waals surface area contributed by atoms with Gasteiger partial charge in [-0.05, 0) is 61.6 Å². The number of likely N-dealkylation sites (tertiary alicyclic amines) is 1. The molecule has 1 saturated heterocycles. The van der Waals surface area contributed by atoms with Crippen molar-refractivity contribution >= 4 is 22.0 Å². The molecule has 0 unspecified atom stereocenters. The Labute approximate surface area is 188 Å². The summed E-state index contributed by atoms with van der Waals surface area (Å²) in [5, 5.41) is 0. The number of hydrogen-bond acceptors (Lipinski definition) is 6. The number of carbonyl (C=O) groups is 2. The molecular weight excluding hydrogens is 430 g/mol. The maximum absolute atomic E-state index is 12.7. The SMILES string of the molecule is CC#CCOc1ccc(S(=O)(=O)OC(C)=O)c(C2CCN(C(=O)c3ccccc3)CC2)c1. The highest BCUT2D eigenvalue weighted by molar-refractivity contribution is 7.87. The highest BCUT2D eigenvalue weighted by atomic mass is 32.2. The molecule has 0 radical (unpaired) electrons. The molecule has 3 rings (SSSR count). The summed E-state index contributed by atoms with van der Waals surface area (Å²) in [4.78, 5) is 25.8. The van der Waals surface area contributed by atoms with E-state index in [4.69, 9.17) is 4.74 Å². The fraction of sp³-hybridized carbons (Fsp3) is 0.333. The molecule has 1 aliphatic heterocycles. The monoisotopic (exact) mass is 455 g/mol. The molecule has 0 aliphatic carbocycles. The van der Waals surface area contributed by atoms with Crippen LogP contribution in [-0.4, -0.2) is 44.9 Å². The molecule has 1 amide bonds. The highest BCUT2D eigenvalue weighted by Crippen LogP contribution is 2.36. The summed E-state index contributed by atoms with van der Waals surface area (Å²) in [6.07, 6.45) is 1.14. The average molecular weight is 456 g/mol. The Bertz CT molecular complexity index is 1140. The molecule has 1 heterocycles. The Morgan fingerprint density at radius 2 is 1.78 bits per heavy atom. The van der Waals surface area contributed by atoms with E-state index in [1.807, 2.05) is 18.2 Å². The normalized spacial score (nSPS) is 14.2. The maximum atomic E-state index is 12.7. The van der Waals surface area contributed by atoms with Crippen LogP contribution in [0.1, 0.15) is 48.5 Å². The van der Waals surface area contributed by atoms with Crippen LogP contribution in [0.2, 0.25) is 0 Å². The maximum Gasteiger partial charge on any atom is 0.341 e. The lowest BCUT2D eigenvalue weighted by Gasteiger charge is -2.33. The van der Waals surface area contributed by atoms with Gasteiger partial charge in [0.05, 0.1) is 0 Å². The summed E-state index contributed by atoms with van der Waals surface area (Å²) < 4.78 is 35.5. The second kappa shape index (κ2) is 10.3. The van der Waals surface area contributed by atoms with E-state index in [9.17, 15) is 18.0 Å². The summed E-state index contributed by atoms with van der Waals surface area (Å²) in [5.41, 5.74) is 1.14. The van der Waals surface area contributed by atoms with Gasteiger partial charge in [0.15, 0.2) is 0 Å². The van der Waals surface area contributed by atoms with Crippen molar-refractivity contribution in [2.75, 3.05) is 19.7 Å². The lowest BCUT2D eigenvalue weighted by molar-refractivity contribution is -0.131. The molecule has 2 aromatic carbocycles. The summed E-state index contributed by atoms with van der Waals surface area (Å²) in [6, 6.07) is 13.6. The van der Waals surface area contributed by atoms with Crippen molar-refractivity contribution in [1.82, 2.24) is 4.90 Å². The summed E-state index contributed by atoms with van der Waals surface area (Å²) >= 11 is 0. The zero-order valence-electron chi connectivity index (χ0n) is 18.0. The number of carbonyl (C=O) groups excluding carboxylic acids is 2. The molecule has 0 saturated carbocycles. The fourth-order valence-electron chi connectivity index (χ4n) is 3.71. The summed E-state index contributed by atoms with van der Waals surface area (Å²) in [6.45, 7) is 3.89. The van der Waals surface area contributed by atoms with Crippen molar-refractivity contribution in [2.45, 2.75) is 37.5 Å². The van der Waals surface area contributed by atoms with Gasteiger partial charge in [0, 0.05) is 25.6 Å². The number of piperidine rings is 1. The predicted molar refractivity (Wildman–Crippen MR) is 119 cm³/mol. The molecule has 0 spiro atoms. The van der Waals surface area contributed by atoms with Crippen LogP contribution >= 0.6 is 0 Å². The van der Waals surface area contributed by atoms with Crippen LogP contribution in [0.3, 0.4) is 0 Å². The quantitative estimate of drug-likeness (QED) is 0.490. The molecule has 0 aromatic heterocycles. The third kappa shape index (κ3) is 5.68. The predicted octanol–water partition coefficient (Wildman–Crippen LogP) is 3.36. The second-order valence-electron chi connectivity index (χ2n) is 7.38. The Morgan fingerprint density at radius 3 is 2.41 bits per heavy atom. The first-order chi connectivity index (χ1) is 15.3. The van der Waals surface area contributed by atoms with Crippen LogP contribution in [0.15, 0.2) is 53.4 Å². The van der Waals surface area contributed by atoms with Gasteiger partial charge in [-0.3, -0.25) is 9.59 Å². The smallest absolute Gasteiger partial charge is 0.341 e. The van der Waals surface area contributed by atoms with Crippen LogP contribution in [0.25, 0.3) is 0 Å². The van der Waals surface area contributed by atoms with E-state index in [0.29, 0.717) is 42.8 Å². The first-order valence-electron chi connectivity index (χ1n) is 10.3. The van der Waals surface area contributed by atoms with Crippen molar-refractivity contribution < 1.29 is 26.9 Å². The molecule has 2 aromatic rings. The van der Waals surface area contributed by atoms with Crippen molar-refractivity contribution in [2.24, 2.45) is 0 Å². The van der Waals surface area contributed by atoms with Gasteiger partial charge in [-0.25, -0.2) is 0 Å². The van der Waals surface area contributed by atoms with Crippen molar-refractivity contribution in [3.8, 4) is 17.6 Å². The highest BCUT2D eigenvalue weighted by Gasteiger charge is 2.30. The lowest BCUT2D eigenvalue weighted by atomic mass is 9.89. The summed E-state index contributed by atoms with van der Waals surface area (Å²) in [5.74, 6) is 4.92. The van der Waals surface area contributed by atoms with Crippen molar-refractivity contribution in [3.63, 3.8) is 0 Å². The third-order valence-corrected chi connectivity index (χ3v) is 6.57. The van der Waals surface area contributed by atoms with Crippen molar-refractivity contribution in [1.29, 1.82) is 0 Å². The molecule has 7 nitrogen and oxygen atoms in total. The van der Waals surface area contributed by atoms with Gasteiger partial charge in [0.1, 0.15) is 17.3 Å². The lowest BCUT2D eigenvalue weighted by Crippen LogP contribution is -2.38. The molecule has 32 heavy (non-hydrogen) atoms. The number of benzene rings is 2. The Morgan fingerprint density at radius 1 is 1.09 bits per heavy atom. The molecule has 8 heteroatoms. The van der Waals surface area contributed by atoms with Gasteiger partial charge < -0.3 is 13.8 Å². The van der Waals surface area contributed by atoms with Gasteiger partial charge in [-0.1, -0.05) is 24.1 Å².